The van der Waals surface area contributed by atoms with E-state index in [0.29, 0.717) is 11.7 Å². The zero-order valence-corrected chi connectivity index (χ0v) is 13.3. The van der Waals surface area contributed by atoms with Crippen LogP contribution >= 0.6 is 0 Å². The number of rotatable bonds is 4. The number of ether oxygens (including phenoxy) is 1. The van der Waals surface area contributed by atoms with Crippen molar-refractivity contribution in [3.05, 3.63) is 47.9 Å². The highest BCUT2D eigenvalue weighted by Crippen LogP contribution is 2.26. The normalized spacial score (nSPS) is 17.6. The number of methoxy groups -OCH3 is 1. The minimum Gasteiger partial charge on any atom is -0.497 e. The van der Waals surface area contributed by atoms with Crippen molar-refractivity contribution >= 4 is 5.82 Å². The SMILES string of the molecule is COc1ccc(CC2CCCCN2c2cncc(C#N)n2)cc1. The van der Waals surface area contributed by atoms with Crippen LogP contribution in [0.2, 0.25) is 0 Å². The summed E-state index contributed by atoms with van der Waals surface area (Å²) in [4.78, 5) is 10.9. The number of hydrogen-bond donors (Lipinski definition) is 0. The van der Waals surface area contributed by atoms with Gasteiger partial charge in [0, 0.05) is 12.6 Å². The molecule has 1 atom stereocenters. The molecule has 1 saturated heterocycles. The number of aromatic nitrogens is 2. The van der Waals surface area contributed by atoms with E-state index in [1.807, 2.05) is 12.1 Å². The second-order valence-electron chi connectivity index (χ2n) is 5.77. The van der Waals surface area contributed by atoms with Crippen molar-refractivity contribution < 1.29 is 4.74 Å². The largest absolute Gasteiger partial charge is 0.497 e. The van der Waals surface area contributed by atoms with Gasteiger partial charge in [0.2, 0.25) is 0 Å². The third-order valence-corrected chi connectivity index (χ3v) is 4.29. The fourth-order valence-electron chi connectivity index (χ4n) is 3.10. The molecule has 1 aromatic carbocycles. The van der Waals surface area contributed by atoms with Gasteiger partial charge in [-0.05, 0) is 43.4 Å². The quantitative estimate of drug-likeness (QED) is 0.869. The van der Waals surface area contributed by atoms with Gasteiger partial charge in [-0.2, -0.15) is 5.26 Å². The lowest BCUT2D eigenvalue weighted by Gasteiger charge is -2.36. The highest BCUT2D eigenvalue weighted by atomic mass is 16.5. The molecule has 0 aliphatic carbocycles. The lowest BCUT2D eigenvalue weighted by Crippen LogP contribution is -2.41. The minimum absolute atomic E-state index is 0.372. The molecular formula is C18H20N4O. The van der Waals surface area contributed by atoms with Gasteiger partial charge in [0.1, 0.15) is 17.6 Å². The van der Waals surface area contributed by atoms with Crippen molar-refractivity contribution in [3.8, 4) is 11.8 Å². The molecule has 0 saturated carbocycles. The van der Waals surface area contributed by atoms with Gasteiger partial charge in [-0.3, -0.25) is 4.98 Å². The second kappa shape index (κ2) is 7.10. The minimum atomic E-state index is 0.372. The van der Waals surface area contributed by atoms with Crippen LogP contribution < -0.4 is 9.64 Å². The maximum atomic E-state index is 9.03. The maximum Gasteiger partial charge on any atom is 0.161 e. The summed E-state index contributed by atoms with van der Waals surface area (Å²) in [6, 6.07) is 10.7. The van der Waals surface area contributed by atoms with Gasteiger partial charge in [0.05, 0.1) is 19.5 Å². The predicted octanol–water partition coefficient (Wildman–Crippen LogP) is 2.96. The molecule has 0 radical (unpaired) electrons. The number of benzene rings is 1. The van der Waals surface area contributed by atoms with Crippen LogP contribution in [-0.4, -0.2) is 29.7 Å². The Hall–Kier alpha value is -2.61. The zero-order chi connectivity index (χ0) is 16.1. The summed E-state index contributed by atoms with van der Waals surface area (Å²) in [5.74, 6) is 1.68. The smallest absolute Gasteiger partial charge is 0.161 e. The van der Waals surface area contributed by atoms with Gasteiger partial charge in [-0.15, -0.1) is 0 Å². The summed E-state index contributed by atoms with van der Waals surface area (Å²) in [5, 5.41) is 9.03. The monoisotopic (exact) mass is 308 g/mol. The molecule has 0 N–H and O–H groups in total. The summed E-state index contributed by atoms with van der Waals surface area (Å²) in [6.07, 6.45) is 7.73. The van der Waals surface area contributed by atoms with Crippen LogP contribution in [0, 0.1) is 11.3 Å². The summed E-state index contributed by atoms with van der Waals surface area (Å²) in [7, 11) is 1.68. The van der Waals surface area contributed by atoms with E-state index >= 15 is 0 Å². The van der Waals surface area contributed by atoms with Crippen molar-refractivity contribution in [2.24, 2.45) is 0 Å². The molecule has 3 rings (SSSR count). The molecule has 5 nitrogen and oxygen atoms in total. The predicted molar refractivity (Wildman–Crippen MR) is 88.4 cm³/mol. The Balaban J connectivity index is 1.79. The molecule has 118 valence electrons. The number of hydrogen-bond acceptors (Lipinski definition) is 5. The van der Waals surface area contributed by atoms with Crippen LogP contribution in [0.4, 0.5) is 5.82 Å². The van der Waals surface area contributed by atoms with Crippen molar-refractivity contribution in [1.29, 1.82) is 5.26 Å². The molecule has 0 bridgehead atoms. The van der Waals surface area contributed by atoms with E-state index < -0.39 is 0 Å². The van der Waals surface area contributed by atoms with E-state index in [1.165, 1.54) is 18.2 Å². The van der Waals surface area contributed by atoms with Crippen LogP contribution in [0.1, 0.15) is 30.5 Å². The molecule has 2 heterocycles. The Morgan fingerprint density at radius 1 is 1.26 bits per heavy atom. The van der Waals surface area contributed by atoms with Crippen LogP contribution in [0.3, 0.4) is 0 Å². The Morgan fingerprint density at radius 2 is 2.09 bits per heavy atom. The number of anilines is 1. The molecular weight excluding hydrogens is 288 g/mol. The van der Waals surface area contributed by atoms with Gasteiger partial charge in [-0.25, -0.2) is 4.98 Å². The molecule has 1 aliphatic heterocycles. The maximum absolute atomic E-state index is 9.03. The lowest BCUT2D eigenvalue weighted by atomic mass is 9.95. The zero-order valence-electron chi connectivity index (χ0n) is 13.3. The summed E-state index contributed by atoms with van der Waals surface area (Å²) < 4.78 is 5.22. The second-order valence-corrected chi connectivity index (χ2v) is 5.77. The van der Waals surface area contributed by atoms with Gasteiger partial charge < -0.3 is 9.64 Å². The lowest BCUT2D eigenvalue weighted by molar-refractivity contribution is 0.414. The number of piperidine rings is 1. The van der Waals surface area contributed by atoms with E-state index in [4.69, 9.17) is 10.00 Å². The van der Waals surface area contributed by atoms with Crippen LogP contribution in [0.5, 0.6) is 5.75 Å². The third-order valence-electron chi connectivity index (χ3n) is 4.29. The Labute approximate surface area is 136 Å². The van der Waals surface area contributed by atoms with Gasteiger partial charge in [0.15, 0.2) is 5.69 Å². The first kappa shape index (κ1) is 15.3. The number of nitriles is 1. The van der Waals surface area contributed by atoms with Crippen LogP contribution in [0.15, 0.2) is 36.7 Å². The van der Waals surface area contributed by atoms with Crippen molar-refractivity contribution in [2.45, 2.75) is 31.7 Å². The molecule has 1 unspecified atom stereocenters. The van der Waals surface area contributed by atoms with Crippen molar-refractivity contribution in [2.75, 3.05) is 18.6 Å². The molecule has 23 heavy (non-hydrogen) atoms. The topological polar surface area (TPSA) is 62.0 Å². The average molecular weight is 308 g/mol. The van der Waals surface area contributed by atoms with Crippen LogP contribution in [-0.2, 0) is 6.42 Å². The first-order valence-electron chi connectivity index (χ1n) is 7.92. The van der Waals surface area contributed by atoms with E-state index in [1.54, 1.807) is 13.3 Å². The highest BCUT2D eigenvalue weighted by molar-refractivity contribution is 5.41. The van der Waals surface area contributed by atoms with E-state index in [9.17, 15) is 0 Å². The van der Waals surface area contributed by atoms with E-state index in [0.717, 1.165) is 37.4 Å². The van der Waals surface area contributed by atoms with Crippen molar-refractivity contribution in [3.63, 3.8) is 0 Å². The molecule has 1 fully saturated rings. The first-order valence-corrected chi connectivity index (χ1v) is 7.92. The molecule has 1 aliphatic rings. The van der Waals surface area contributed by atoms with Gasteiger partial charge in [0.25, 0.3) is 0 Å². The average Bonchev–Trinajstić information content (AvgIpc) is 2.63. The molecule has 0 amide bonds. The molecule has 1 aromatic heterocycles. The standard InChI is InChI=1S/C18H20N4O/c1-23-17-7-5-14(6-8-17)10-16-4-2-3-9-22(16)18-13-20-12-15(11-19)21-18/h5-8,12-13,16H,2-4,9-10H2,1H3. The van der Waals surface area contributed by atoms with Crippen molar-refractivity contribution in [1.82, 2.24) is 9.97 Å². The fourth-order valence-corrected chi connectivity index (χ4v) is 3.10. The molecule has 0 spiro atoms. The molecule has 2 aromatic rings. The third kappa shape index (κ3) is 3.59. The summed E-state index contributed by atoms with van der Waals surface area (Å²) >= 11 is 0. The summed E-state index contributed by atoms with van der Waals surface area (Å²) in [5.41, 5.74) is 1.66. The first-order chi connectivity index (χ1) is 11.3. The van der Waals surface area contributed by atoms with E-state index in [2.05, 4.69) is 33.1 Å². The summed E-state index contributed by atoms with van der Waals surface area (Å²) in [6.45, 7) is 0.963. The Bertz CT molecular complexity index is 693. The van der Waals surface area contributed by atoms with Crippen LogP contribution in [0.25, 0.3) is 0 Å². The van der Waals surface area contributed by atoms with Gasteiger partial charge >= 0.3 is 0 Å². The molecule has 5 heteroatoms. The Morgan fingerprint density at radius 3 is 2.83 bits per heavy atom. The van der Waals surface area contributed by atoms with Gasteiger partial charge in [-0.1, -0.05) is 12.1 Å². The Kier molecular flexibility index (Phi) is 4.72. The fraction of sp³-hybridized carbons (Fsp3) is 0.389. The number of nitrogens with zero attached hydrogens (tertiary/aromatic N) is 4. The highest BCUT2D eigenvalue weighted by Gasteiger charge is 2.24. The van der Waals surface area contributed by atoms with E-state index in [-0.39, 0.29) is 0 Å².